The third kappa shape index (κ3) is 1.56. The van der Waals surface area contributed by atoms with Crippen LogP contribution in [0.15, 0.2) is 24.3 Å². The van der Waals surface area contributed by atoms with Crippen molar-refractivity contribution in [3.63, 3.8) is 0 Å². The van der Waals surface area contributed by atoms with Crippen molar-refractivity contribution in [1.82, 2.24) is 0 Å². The first kappa shape index (κ1) is 7.26. The lowest BCUT2D eigenvalue weighted by molar-refractivity contribution is 0.221. The molecule has 0 aliphatic heterocycles. The van der Waals surface area contributed by atoms with Gasteiger partial charge in [-0.1, -0.05) is 24.3 Å². The van der Waals surface area contributed by atoms with Gasteiger partial charge in [0.15, 0.2) is 0 Å². The van der Waals surface area contributed by atoms with Crippen LogP contribution in [0.3, 0.4) is 0 Å². The number of hydrogen-bond donors (Lipinski definition) is 0. The normalized spacial score (nSPS) is 11.5. The van der Waals surface area contributed by atoms with Gasteiger partial charge in [0.2, 0.25) is 0 Å². The SMILES string of the molecule is CC(C)(F)c1cc[c]cc1. The van der Waals surface area contributed by atoms with Gasteiger partial charge in [0, 0.05) is 0 Å². The van der Waals surface area contributed by atoms with Crippen molar-refractivity contribution in [2.45, 2.75) is 19.5 Å². The second-order valence-corrected chi connectivity index (χ2v) is 2.76. The highest BCUT2D eigenvalue weighted by molar-refractivity contribution is 5.19. The molecule has 1 rings (SSSR count). The topological polar surface area (TPSA) is 0 Å². The molecule has 0 aromatic heterocycles. The van der Waals surface area contributed by atoms with Crippen LogP contribution in [0.5, 0.6) is 0 Å². The summed E-state index contributed by atoms with van der Waals surface area (Å²) in [4.78, 5) is 0. The van der Waals surface area contributed by atoms with E-state index in [1.54, 1.807) is 38.1 Å². The van der Waals surface area contributed by atoms with Gasteiger partial charge in [-0.15, -0.1) is 0 Å². The lowest BCUT2D eigenvalue weighted by atomic mass is 10.0. The van der Waals surface area contributed by atoms with Crippen LogP contribution in [0.1, 0.15) is 19.4 Å². The third-order valence-corrected chi connectivity index (χ3v) is 1.40. The number of alkyl halides is 1. The Hall–Kier alpha value is -0.850. The Morgan fingerprint density at radius 1 is 1.30 bits per heavy atom. The fourth-order valence-electron chi connectivity index (χ4n) is 0.783. The first-order valence-electron chi connectivity index (χ1n) is 3.26. The average Bonchev–Trinajstić information content (AvgIpc) is 1.88. The van der Waals surface area contributed by atoms with Gasteiger partial charge < -0.3 is 0 Å². The van der Waals surface area contributed by atoms with Crippen LogP contribution in [0.2, 0.25) is 0 Å². The Morgan fingerprint density at radius 2 is 1.80 bits per heavy atom. The van der Waals surface area contributed by atoms with Gasteiger partial charge in [0.1, 0.15) is 5.67 Å². The Labute approximate surface area is 60.7 Å². The lowest BCUT2D eigenvalue weighted by Crippen LogP contribution is -2.07. The van der Waals surface area contributed by atoms with Crippen molar-refractivity contribution >= 4 is 0 Å². The summed E-state index contributed by atoms with van der Waals surface area (Å²) in [7, 11) is 0. The molecule has 10 heavy (non-hydrogen) atoms. The molecule has 0 amide bonds. The van der Waals surface area contributed by atoms with E-state index in [1.807, 2.05) is 0 Å². The summed E-state index contributed by atoms with van der Waals surface area (Å²) in [5, 5.41) is 0. The molecule has 0 spiro atoms. The highest BCUT2D eigenvalue weighted by atomic mass is 19.1. The molecule has 0 aliphatic rings. The van der Waals surface area contributed by atoms with E-state index in [2.05, 4.69) is 6.07 Å². The minimum Gasteiger partial charge on any atom is -0.239 e. The number of benzene rings is 1. The molecule has 1 heteroatoms. The zero-order valence-electron chi connectivity index (χ0n) is 6.19. The van der Waals surface area contributed by atoms with Crippen molar-refractivity contribution in [2.75, 3.05) is 0 Å². The third-order valence-electron chi connectivity index (χ3n) is 1.40. The maximum Gasteiger partial charge on any atom is 0.130 e. The van der Waals surface area contributed by atoms with E-state index in [-0.39, 0.29) is 0 Å². The van der Waals surface area contributed by atoms with E-state index in [1.165, 1.54) is 0 Å². The van der Waals surface area contributed by atoms with Crippen LogP contribution in [-0.2, 0) is 5.67 Å². The molecule has 0 atom stereocenters. The maximum absolute atomic E-state index is 13.1. The summed E-state index contributed by atoms with van der Waals surface area (Å²) >= 11 is 0. The Balaban J connectivity index is 2.97. The van der Waals surface area contributed by atoms with E-state index in [4.69, 9.17) is 0 Å². The molecule has 0 unspecified atom stereocenters. The van der Waals surface area contributed by atoms with Gasteiger partial charge in [0.25, 0.3) is 0 Å². The summed E-state index contributed by atoms with van der Waals surface area (Å²) in [5.74, 6) is 0. The van der Waals surface area contributed by atoms with Gasteiger partial charge >= 0.3 is 0 Å². The highest BCUT2D eigenvalue weighted by Crippen LogP contribution is 2.23. The molecule has 0 nitrogen and oxygen atoms in total. The van der Waals surface area contributed by atoms with Crippen LogP contribution in [0.25, 0.3) is 0 Å². The molecule has 0 bridgehead atoms. The van der Waals surface area contributed by atoms with Gasteiger partial charge in [-0.05, 0) is 25.5 Å². The van der Waals surface area contributed by atoms with Gasteiger partial charge in [-0.25, -0.2) is 4.39 Å². The van der Waals surface area contributed by atoms with Crippen molar-refractivity contribution in [1.29, 1.82) is 0 Å². The minimum atomic E-state index is -1.23. The summed E-state index contributed by atoms with van der Waals surface area (Å²) in [6.07, 6.45) is 0. The monoisotopic (exact) mass is 137 g/mol. The van der Waals surface area contributed by atoms with Gasteiger partial charge in [0.05, 0.1) is 0 Å². The largest absolute Gasteiger partial charge is 0.239 e. The van der Waals surface area contributed by atoms with Gasteiger partial charge in [-0.3, -0.25) is 0 Å². The van der Waals surface area contributed by atoms with Crippen molar-refractivity contribution in [2.24, 2.45) is 0 Å². The maximum atomic E-state index is 13.1. The van der Waals surface area contributed by atoms with Crippen LogP contribution in [-0.4, -0.2) is 0 Å². The molecular weight excluding hydrogens is 127 g/mol. The van der Waals surface area contributed by atoms with E-state index in [0.29, 0.717) is 5.56 Å². The van der Waals surface area contributed by atoms with E-state index >= 15 is 0 Å². The van der Waals surface area contributed by atoms with Crippen molar-refractivity contribution in [3.8, 4) is 0 Å². The standard InChI is InChI=1S/C9H10F/c1-9(2,10)8-6-4-3-5-7-8/h4-7H,1-2H3. The molecule has 53 valence electrons. The van der Waals surface area contributed by atoms with Crippen molar-refractivity contribution in [3.05, 3.63) is 35.9 Å². The van der Waals surface area contributed by atoms with E-state index in [9.17, 15) is 4.39 Å². The average molecular weight is 137 g/mol. The molecule has 0 aliphatic carbocycles. The zero-order chi connectivity index (χ0) is 7.61. The molecule has 0 N–H and O–H groups in total. The van der Waals surface area contributed by atoms with Crippen LogP contribution >= 0.6 is 0 Å². The second-order valence-electron chi connectivity index (χ2n) is 2.76. The molecule has 0 saturated heterocycles. The molecule has 0 heterocycles. The predicted octanol–water partition coefficient (Wildman–Crippen LogP) is 2.69. The Kier molecular flexibility index (Phi) is 1.75. The highest BCUT2D eigenvalue weighted by Gasteiger charge is 2.16. The molecule has 0 fully saturated rings. The van der Waals surface area contributed by atoms with Crippen LogP contribution < -0.4 is 0 Å². The molecule has 1 aromatic rings. The predicted molar refractivity (Wildman–Crippen MR) is 39.4 cm³/mol. The number of halogens is 1. The number of rotatable bonds is 1. The van der Waals surface area contributed by atoms with E-state index < -0.39 is 5.67 Å². The first-order valence-corrected chi connectivity index (χ1v) is 3.26. The summed E-state index contributed by atoms with van der Waals surface area (Å²) < 4.78 is 13.1. The van der Waals surface area contributed by atoms with Crippen LogP contribution in [0, 0.1) is 6.07 Å². The molecule has 1 aromatic carbocycles. The number of hydrogen-bond acceptors (Lipinski definition) is 0. The van der Waals surface area contributed by atoms with Gasteiger partial charge in [-0.2, -0.15) is 0 Å². The second kappa shape index (κ2) is 2.41. The molecule has 1 radical (unpaired) electrons. The fraction of sp³-hybridized carbons (Fsp3) is 0.333. The smallest absolute Gasteiger partial charge is 0.130 e. The Morgan fingerprint density at radius 3 is 2.10 bits per heavy atom. The summed E-state index contributed by atoms with van der Waals surface area (Å²) in [5.41, 5.74) is -0.527. The first-order chi connectivity index (χ1) is 4.61. The van der Waals surface area contributed by atoms with Crippen molar-refractivity contribution < 1.29 is 4.39 Å². The minimum absolute atomic E-state index is 0.700. The quantitative estimate of drug-likeness (QED) is 0.558. The van der Waals surface area contributed by atoms with Crippen LogP contribution in [0.4, 0.5) is 4.39 Å². The lowest BCUT2D eigenvalue weighted by Gasteiger charge is -2.13. The molecule has 0 saturated carbocycles. The summed E-state index contributed by atoms with van der Waals surface area (Å²) in [6, 6.07) is 9.75. The molecular formula is C9H10F. The zero-order valence-corrected chi connectivity index (χ0v) is 6.19. The summed E-state index contributed by atoms with van der Waals surface area (Å²) in [6.45, 7) is 3.09. The fourth-order valence-corrected chi connectivity index (χ4v) is 0.783. The Bertz CT molecular complexity index is 196. The van der Waals surface area contributed by atoms with E-state index in [0.717, 1.165) is 0 Å².